The summed E-state index contributed by atoms with van der Waals surface area (Å²) in [6.07, 6.45) is 3.53. The molecule has 0 spiro atoms. The molecule has 1 aliphatic carbocycles. The van der Waals surface area contributed by atoms with Crippen LogP contribution >= 0.6 is 0 Å². The highest BCUT2D eigenvalue weighted by molar-refractivity contribution is 5.96. The number of hydrogen-bond acceptors (Lipinski definition) is 2. The highest BCUT2D eigenvalue weighted by Crippen LogP contribution is 2.34. The predicted octanol–water partition coefficient (Wildman–Crippen LogP) is 3.13. The Morgan fingerprint density at radius 2 is 2.16 bits per heavy atom. The molecule has 19 heavy (non-hydrogen) atoms. The van der Waals surface area contributed by atoms with Crippen LogP contribution in [0.15, 0.2) is 18.2 Å². The molecule has 3 nitrogen and oxygen atoms in total. The molecule has 3 atom stereocenters. The maximum Gasteiger partial charge on any atom is 0.251 e. The van der Waals surface area contributed by atoms with E-state index in [1.807, 2.05) is 19.1 Å². The van der Waals surface area contributed by atoms with Gasteiger partial charge in [0.25, 0.3) is 5.91 Å². The molecule has 0 radical (unpaired) electrons. The molecule has 104 valence electrons. The van der Waals surface area contributed by atoms with E-state index >= 15 is 0 Å². The molecule has 1 saturated carbocycles. The third-order valence-electron chi connectivity index (χ3n) is 4.56. The fourth-order valence-corrected chi connectivity index (χ4v) is 3.22. The molecule has 1 amide bonds. The van der Waals surface area contributed by atoms with Gasteiger partial charge in [-0.25, -0.2) is 0 Å². The lowest BCUT2D eigenvalue weighted by Crippen LogP contribution is -2.37. The Labute approximate surface area is 115 Å². The number of nitrogen functional groups attached to an aromatic ring is 1. The van der Waals surface area contributed by atoms with Crippen molar-refractivity contribution in [3.05, 3.63) is 29.3 Å². The Hall–Kier alpha value is -1.51. The zero-order valence-corrected chi connectivity index (χ0v) is 12.1. The van der Waals surface area contributed by atoms with Gasteiger partial charge in [0.15, 0.2) is 0 Å². The molecule has 3 heteroatoms. The molecule has 1 aromatic carbocycles. The van der Waals surface area contributed by atoms with E-state index in [1.54, 1.807) is 6.07 Å². The maximum absolute atomic E-state index is 12.3. The first-order chi connectivity index (χ1) is 9.02. The van der Waals surface area contributed by atoms with Gasteiger partial charge in [0.1, 0.15) is 0 Å². The van der Waals surface area contributed by atoms with Gasteiger partial charge in [-0.2, -0.15) is 0 Å². The highest BCUT2D eigenvalue weighted by atomic mass is 16.1. The van der Waals surface area contributed by atoms with Gasteiger partial charge in [0.2, 0.25) is 0 Å². The predicted molar refractivity (Wildman–Crippen MR) is 79.0 cm³/mol. The Bertz CT molecular complexity index is 470. The quantitative estimate of drug-likeness (QED) is 0.820. The lowest BCUT2D eigenvalue weighted by atomic mass is 9.93. The van der Waals surface area contributed by atoms with E-state index in [2.05, 4.69) is 19.2 Å². The average molecular weight is 260 g/mol. The zero-order chi connectivity index (χ0) is 14.0. The molecule has 1 aliphatic rings. The molecule has 0 heterocycles. The second-order valence-electron chi connectivity index (χ2n) is 5.76. The highest BCUT2D eigenvalue weighted by Gasteiger charge is 2.32. The largest absolute Gasteiger partial charge is 0.399 e. The van der Waals surface area contributed by atoms with Crippen LogP contribution < -0.4 is 11.1 Å². The third-order valence-corrected chi connectivity index (χ3v) is 4.56. The van der Waals surface area contributed by atoms with Crippen molar-refractivity contribution in [1.82, 2.24) is 5.32 Å². The molecule has 2 rings (SSSR count). The van der Waals surface area contributed by atoms with Crippen LogP contribution in [0, 0.1) is 18.8 Å². The van der Waals surface area contributed by atoms with Crippen molar-refractivity contribution in [1.29, 1.82) is 0 Å². The number of nitrogens with one attached hydrogen (secondary N) is 1. The fraction of sp³-hybridized carbons (Fsp3) is 0.562. The summed E-state index contributed by atoms with van der Waals surface area (Å²) in [7, 11) is 0. The summed E-state index contributed by atoms with van der Waals surface area (Å²) < 4.78 is 0. The average Bonchev–Trinajstić information content (AvgIpc) is 2.70. The number of hydrogen-bond donors (Lipinski definition) is 2. The summed E-state index contributed by atoms with van der Waals surface area (Å²) in [6, 6.07) is 5.77. The van der Waals surface area contributed by atoms with Gasteiger partial charge < -0.3 is 11.1 Å². The van der Waals surface area contributed by atoms with Crippen molar-refractivity contribution >= 4 is 11.6 Å². The summed E-state index contributed by atoms with van der Waals surface area (Å²) in [4.78, 5) is 12.3. The van der Waals surface area contributed by atoms with Crippen LogP contribution in [-0.2, 0) is 0 Å². The van der Waals surface area contributed by atoms with E-state index in [-0.39, 0.29) is 5.91 Å². The lowest BCUT2D eigenvalue weighted by molar-refractivity contribution is 0.0926. The van der Waals surface area contributed by atoms with Crippen molar-refractivity contribution in [2.75, 3.05) is 5.73 Å². The number of carbonyl (C=O) groups excluding carboxylic acids is 1. The molecule has 1 aromatic rings. The first kappa shape index (κ1) is 13.9. The van der Waals surface area contributed by atoms with Crippen LogP contribution in [0.4, 0.5) is 5.69 Å². The van der Waals surface area contributed by atoms with Gasteiger partial charge >= 0.3 is 0 Å². The van der Waals surface area contributed by atoms with Crippen LogP contribution in [0.3, 0.4) is 0 Å². The number of rotatable bonds is 3. The molecule has 3 N–H and O–H groups in total. The summed E-state index contributed by atoms with van der Waals surface area (Å²) in [6.45, 7) is 6.41. The van der Waals surface area contributed by atoms with E-state index in [1.165, 1.54) is 12.8 Å². The van der Waals surface area contributed by atoms with Gasteiger partial charge in [-0.15, -0.1) is 0 Å². The third kappa shape index (κ3) is 2.91. The van der Waals surface area contributed by atoms with Crippen LogP contribution in [0.1, 0.15) is 49.0 Å². The topological polar surface area (TPSA) is 55.1 Å². The molecule has 0 bridgehead atoms. The van der Waals surface area contributed by atoms with Gasteiger partial charge in [0, 0.05) is 17.3 Å². The number of nitrogens with two attached hydrogens (primary N) is 1. The first-order valence-corrected chi connectivity index (χ1v) is 7.20. The smallest absolute Gasteiger partial charge is 0.251 e. The van der Waals surface area contributed by atoms with E-state index in [9.17, 15) is 4.79 Å². The monoisotopic (exact) mass is 260 g/mol. The lowest BCUT2D eigenvalue weighted by Gasteiger charge is -2.21. The van der Waals surface area contributed by atoms with Gasteiger partial charge in [-0.3, -0.25) is 4.79 Å². The molecule has 1 fully saturated rings. The summed E-state index contributed by atoms with van der Waals surface area (Å²) >= 11 is 0. The van der Waals surface area contributed by atoms with E-state index in [4.69, 9.17) is 5.73 Å². The van der Waals surface area contributed by atoms with Crippen molar-refractivity contribution in [2.24, 2.45) is 11.8 Å². The normalized spacial score (nSPS) is 26.4. The summed E-state index contributed by atoms with van der Waals surface area (Å²) in [5.74, 6) is 1.35. The Morgan fingerprint density at radius 3 is 2.74 bits per heavy atom. The van der Waals surface area contributed by atoms with E-state index in [0.29, 0.717) is 17.6 Å². The number of aryl methyl sites for hydroxylation is 1. The minimum atomic E-state index is 0.0334. The number of amides is 1. The first-order valence-electron chi connectivity index (χ1n) is 7.20. The summed E-state index contributed by atoms with van der Waals surface area (Å²) in [5.41, 5.74) is 8.10. The van der Waals surface area contributed by atoms with Gasteiger partial charge in [-0.05, 0) is 55.4 Å². The van der Waals surface area contributed by atoms with Gasteiger partial charge in [-0.1, -0.05) is 20.3 Å². The second kappa shape index (κ2) is 5.64. The summed E-state index contributed by atoms with van der Waals surface area (Å²) in [5, 5.41) is 3.19. The number of benzene rings is 1. The second-order valence-corrected chi connectivity index (χ2v) is 5.76. The van der Waals surface area contributed by atoms with Crippen molar-refractivity contribution in [2.45, 2.75) is 46.1 Å². The van der Waals surface area contributed by atoms with E-state index < -0.39 is 0 Å². The molecule has 3 unspecified atom stereocenters. The Balaban J connectivity index is 2.05. The van der Waals surface area contributed by atoms with Crippen LogP contribution in [0.2, 0.25) is 0 Å². The number of anilines is 1. The SMILES string of the molecule is CCC1CCC(NC(=O)c2ccc(N)cc2C)C1C. The van der Waals surface area contributed by atoms with E-state index in [0.717, 1.165) is 23.5 Å². The molecular formula is C16H24N2O. The van der Waals surface area contributed by atoms with Crippen LogP contribution in [-0.4, -0.2) is 11.9 Å². The minimum absolute atomic E-state index is 0.0334. The van der Waals surface area contributed by atoms with Crippen LogP contribution in [0.5, 0.6) is 0 Å². The van der Waals surface area contributed by atoms with Gasteiger partial charge in [0.05, 0.1) is 0 Å². The Morgan fingerprint density at radius 1 is 1.42 bits per heavy atom. The van der Waals surface area contributed by atoms with Crippen molar-refractivity contribution < 1.29 is 4.79 Å². The maximum atomic E-state index is 12.3. The Kier molecular flexibility index (Phi) is 4.13. The molecule has 0 aliphatic heterocycles. The molecule has 0 aromatic heterocycles. The van der Waals surface area contributed by atoms with Crippen molar-refractivity contribution in [3.63, 3.8) is 0 Å². The minimum Gasteiger partial charge on any atom is -0.399 e. The fourth-order valence-electron chi connectivity index (χ4n) is 3.22. The molecular weight excluding hydrogens is 236 g/mol. The van der Waals surface area contributed by atoms with Crippen molar-refractivity contribution in [3.8, 4) is 0 Å². The zero-order valence-electron chi connectivity index (χ0n) is 12.1. The standard InChI is InChI=1S/C16H24N2O/c1-4-12-5-8-15(11(12)3)18-16(19)14-7-6-13(17)9-10(14)2/h6-7,9,11-12,15H,4-5,8,17H2,1-3H3,(H,18,19). The molecule has 0 saturated heterocycles. The van der Waals surface area contributed by atoms with Crippen LogP contribution in [0.25, 0.3) is 0 Å². The number of carbonyl (C=O) groups is 1.